The average molecular weight is 293 g/mol. The molecule has 1 saturated heterocycles. The fraction of sp³-hybridized carbons (Fsp3) is 0.529. The number of rotatable bonds is 5. The maximum Gasteiger partial charge on any atom is 0.0601 e. The molecule has 2 unspecified atom stereocenters. The zero-order valence-electron chi connectivity index (χ0n) is 12.5. The van der Waals surface area contributed by atoms with Crippen LogP contribution in [-0.4, -0.2) is 24.0 Å². The topological polar surface area (TPSA) is 29.3 Å². The minimum absolute atomic E-state index is 0.294. The summed E-state index contributed by atoms with van der Waals surface area (Å²) in [4.78, 5) is 2.50. The van der Waals surface area contributed by atoms with Crippen LogP contribution in [0.4, 0.5) is 0 Å². The van der Waals surface area contributed by atoms with Crippen molar-refractivity contribution >= 4 is 11.6 Å². The summed E-state index contributed by atoms with van der Waals surface area (Å²) in [6, 6.07) is 8.25. The van der Waals surface area contributed by atoms with Gasteiger partial charge >= 0.3 is 0 Å². The van der Waals surface area contributed by atoms with Gasteiger partial charge in [-0.05, 0) is 63.9 Å². The summed E-state index contributed by atoms with van der Waals surface area (Å²) in [6.45, 7) is 10.6. The molecule has 3 heteroatoms. The van der Waals surface area contributed by atoms with Gasteiger partial charge in [-0.2, -0.15) is 0 Å². The Morgan fingerprint density at radius 3 is 2.40 bits per heavy atom. The number of benzene rings is 1. The number of nitrogens with zero attached hydrogens (tertiary/aromatic N) is 1. The van der Waals surface area contributed by atoms with E-state index in [1.807, 2.05) is 19.1 Å². The first-order chi connectivity index (χ1) is 9.43. The molecule has 0 bridgehead atoms. The highest BCUT2D eigenvalue weighted by atomic mass is 35.5. The minimum Gasteiger partial charge on any atom is -0.320 e. The molecular formula is C17H25ClN2. The highest BCUT2D eigenvalue weighted by Crippen LogP contribution is 2.33. The van der Waals surface area contributed by atoms with Gasteiger partial charge < -0.3 is 5.73 Å². The first-order valence-corrected chi connectivity index (χ1v) is 7.74. The third-order valence-corrected chi connectivity index (χ3v) is 4.66. The number of halogens is 1. The van der Waals surface area contributed by atoms with E-state index in [0.29, 0.717) is 6.04 Å². The van der Waals surface area contributed by atoms with Gasteiger partial charge in [0, 0.05) is 11.1 Å². The summed E-state index contributed by atoms with van der Waals surface area (Å²) < 4.78 is 0. The number of hydrogen-bond acceptors (Lipinski definition) is 2. The van der Waals surface area contributed by atoms with E-state index >= 15 is 0 Å². The summed E-state index contributed by atoms with van der Waals surface area (Å²) >= 11 is 6.01. The smallest absolute Gasteiger partial charge is 0.0601 e. The predicted octanol–water partition coefficient (Wildman–Crippen LogP) is 3.94. The molecule has 2 nitrogen and oxygen atoms in total. The van der Waals surface area contributed by atoms with Gasteiger partial charge in [0.15, 0.2) is 0 Å². The molecule has 0 spiro atoms. The van der Waals surface area contributed by atoms with Crippen molar-refractivity contribution in [2.75, 3.05) is 13.1 Å². The zero-order valence-corrected chi connectivity index (χ0v) is 13.3. The third-order valence-electron chi connectivity index (χ3n) is 4.41. The maximum atomic E-state index is 6.85. The van der Waals surface area contributed by atoms with Crippen LogP contribution in [0.3, 0.4) is 0 Å². The summed E-state index contributed by atoms with van der Waals surface area (Å²) in [6.07, 6.45) is 3.34. The SMILES string of the molecule is C=C(C)CC(N)(c1ccc(Cl)cc1)C(C)N1CCCC1. The Morgan fingerprint density at radius 1 is 1.35 bits per heavy atom. The van der Waals surface area contributed by atoms with Crippen LogP contribution in [0, 0.1) is 0 Å². The zero-order chi connectivity index (χ0) is 14.8. The van der Waals surface area contributed by atoms with Gasteiger partial charge in [-0.25, -0.2) is 0 Å². The monoisotopic (exact) mass is 292 g/mol. The second-order valence-electron chi connectivity index (χ2n) is 6.10. The van der Waals surface area contributed by atoms with Crippen LogP contribution >= 0.6 is 11.6 Å². The van der Waals surface area contributed by atoms with Crippen LogP contribution in [0.2, 0.25) is 5.02 Å². The summed E-state index contributed by atoms with van der Waals surface area (Å²) in [5, 5.41) is 0.750. The maximum absolute atomic E-state index is 6.85. The van der Waals surface area contributed by atoms with Crippen LogP contribution in [0.5, 0.6) is 0 Å². The lowest BCUT2D eigenvalue weighted by atomic mass is 9.79. The normalized spacial score (nSPS) is 20.6. The standard InChI is InChI=1S/C17H25ClN2/c1-13(2)12-17(19,14(3)20-10-4-5-11-20)15-6-8-16(18)9-7-15/h6-9,14H,1,4-5,10-12,19H2,2-3H3. The summed E-state index contributed by atoms with van der Waals surface area (Å²) in [7, 11) is 0. The van der Waals surface area contributed by atoms with Gasteiger partial charge in [0.25, 0.3) is 0 Å². The molecule has 2 atom stereocenters. The molecule has 0 aliphatic carbocycles. The molecule has 20 heavy (non-hydrogen) atoms. The Hall–Kier alpha value is -0.830. The Morgan fingerprint density at radius 2 is 1.90 bits per heavy atom. The number of nitrogens with two attached hydrogens (primary N) is 1. The van der Waals surface area contributed by atoms with Crippen LogP contribution in [0.25, 0.3) is 0 Å². The van der Waals surface area contributed by atoms with E-state index in [1.54, 1.807) is 0 Å². The molecule has 0 aromatic heterocycles. The molecule has 1 aromatic carbocycles. The van der Waals surface area contributed by atoms with Crippen molar-refractivity contribution in [2.24, 2.45) is 5.73 Å². The molecule has 1 heterocycles. The highest BCUT2D eigenvalue weighted by Gasteiger charge is 2.38. The Kier molecular flexibility index (Phi) is 4.90. The van der Waals surface area contributed by atoms with Gasteiger partial charge in [-0.15, -0.1) is 6.58 Å². The lowest BCUT2D eigenvalue weighted by molar-refractivity contribution is 0.159. The second kappa shape index (κ2) is 6.30. The fourth-order valence-corrected chi connectivity index (χ4v) is 3.33. The largest absolute Gasteiger partial charge is 0.320 e. The van der Waals surface area contributed by atoms with Crippen molar-refractivity contribution in [1.82, 2.24) is 4.90 Å². The molecule has 1 aliphatic heterocycles. The third kappa shape index (κ3) is 3.25. The van der Waals surface area contributed by atoms with Gasteiger partial charge in [-0.1, -0.05) is 29.3 Å². The Balaban J connectivity index is 2.33. The molecule has 0 saturated carbocycles. The van der Waals surface area contributed by atoms with Crippen LogP contribution in [0.15, 0.2) is 36.4 Å². The van der Waals surface area contributed by atoms with Crippen LogP contribution in [-0.2, 0) is 5.54 Å². The first-order valence-electron chi connectivity index (χ1n) is 7.37. The van der Waals surface area contributed by atoms with Gasteiger partial charge in [0.2, 0.25) is 0 Å². The molecule has 1 aliphatic rings. The average Bonchev–Trinajstić information content (AvgIpc) is 2.91. The van der Waals surface area contributed by atoms with Gasteiger partial charge in [0.05, 0.1) is 5.54 Å². The number of hydrogen-bond donors (Lipinski definition) is 1. The van der Waals surface area contributed by atoms with Crippen molar-refractivity contribution in [3.8, 4) is 0 Å². The minimum atomic E-state index is -0.402. The molecular weight excluding hydrogens is 268 g/mol. The molecule has 110 valence electrons. The fourth-order valence-electron chi connectivity index (χ4n) is 3.21. The van der Waals surface area contributed by atoms with E-state index in [-0.39, 0.29) is 0 Å². The lowest BCUT2D eigenvalue weighted by Gasteiger charge is -2.41. The van der Waals surface area contributed by atoms with Crippen molar-refractivity contribution in [3.05, 3.63) is 47.0 Å². The first kappa shape index (κ1) is 15.6. The lowest BCUT2D eigenvalue weighted by Crippen LogP contribution is -2.54. The van der Waals surface area contributed by atoms with Crippen LogP contribution in [0.1, 0.15) is 38.7 Å². The van der Waals surface area contributed by atoms with Crippen molar-refractivity contribution < 1.29 is 0 Å². The molecule has 0 radical (unpaired) electrons. The van der Waals surface area contributed by atoms with Gasteiger partial charge in [0.1, 0.15) is 0 Å². The molecule has 2 N–H and O–H groups in total. The van der Waals surface area contributed by atoms with Gasteiger partial charge in [-0.3, -0.25) is 4.90 Å². The Bertz CT molecular complexity index is 462. The van der Waals surface area contributed by atoms with Crippen molar-refractivity contribution in [2.45, 2.75) is 44.7 Å². The van der Waals surface area contributed by atoms with E-state index in [1.165, 1.54) is 12.8 Å². The van der Waals surface area contributed by atoms with E-state index in [0.717, 1.165) is 35.7 Å². The second-order valence-corrected chi connectivity index (χ2v) is 6.54. The Labute approximate surface area is 127 Å². The van der Waals surface area contributed by atoms with E-state index in [9.17, 15) is 0 Å². The summed E-state index contributed by atoms with van der Waals surface area (Å²) in [5.74, 6) is 0. The highest BCUT2D eigenvalue weighted by molar-refractivity contribution is 6.30. The van der Waals surface area contributed by atoms with E-state index < -0.39 is 5.54 Å². The molecule has 1 fully saturated rings. The summed E-state index contributed by atoms with van der Waals surface area (Å²) in [5.41, 5.74) is 8.71. The number of likely N-dealkylation sites (tertiary alicyclic amines) is 1. The van der Waals surface area contributed by atoms with Crippen molar-refractivity contribution in [1.29, 1.82) is 0 Å². The predicted molar refractivity (Wildman–Crippen MR) is 87.0 cm³/mol. The quantitative estimate of drug-likeness (QED) is 0.833. The van der Waals surface area contributed by atoms with E-state index in [4.69, 9.17) is 17.3 Å². The molecule has 2 rings (SSSR count). The molecule has 1 aromatic rings. The van der Waals surface area contributed by atoms with Crippen LogP contribution < -0.4 is 5.73 Å². The van der Waals surface area contributed by atoms with Crippen molar-refractivity contribution in [3.63, 3.8) is 0 Å². The molecule has 0 amide bonds. The van der Waals surface area contributed by atoms with E-state index in [2.05, 4.69) is 30.5 Å².